The highest BCUT2D eigenvalue weighted by atomic mass is 35.5. The van der Waals surface area contributed by atoms with Crippen molar-refractivity contribution in [3.8, 4) is 5.75 Å². The van der Waals surface area contributed by atoms with Crippen molar-refractivity contribution in [2.24, 2.45) is 0 Å². The minimum absolute atomic E-state index is 0.0169. The first-order valence-electron chi connectivity index (χ1n) is 11.3. The summed E-state index contributed by atoms with van der Waals surface area (Å²) in [6, 6.07) is 7.98. The molecule has 1 N–H and O–H groups in total. The Morgan fingerprint density at radius 3 is 2.46 bits per heavy atom. The van der Waals surface area contributed by atoms with E-state index in [-0.39, 0.29) is 61.5 Å². The number of likely N-dealkylation sites (tertiary alicyclic amines) is 1. The van der Waals surface area contributed by atoms with Crippen LogP contribution in [0.2, 0.25) is 5.02 Å². The topological polar surface area (TPSA) is 87.2 Å². The SMILES string of the molecule is CCCN(Cc1ccc(OCCN2C(=O)CCC2=O)c(F)c1)C(CC(=O)O)c1ccc(Cl)c(F)c1. The first-order valence-corrected chi connectivity index (χ1v) is 11.7. The number of imide groups is 1. The highest BCUT2D eigenvalue weighted by Crippen LogP contribution is 2.30. The van der Waals surface area contributed by atoms with Crippen molar-refractivity contribution in [2.45, 2.75) is 45.2 Å². The number of carboxylic acids is 1. The van der Waals surface area contributed by atoms with E-state index in [4.69, 9.17) is 16.3 Å². The number of nitrogens with zero attached hydrogens (tertiary/aromatic N) is 2. The fraction of sp³-hybridized carbons (Fsp3) is 0.400. The maximum Gasteiger partial charge on any atom is 0.305 e. The number of halogens is 3. The lowest BCUT2D eigenvalue weighted by Crippen LogP contribution is -2.33. The third-order valence-electron chi connectivity index (χ3n) is 5.76. The predicted octanol–water partition coefficient (Wildman–Crippen LogP) is 4.57. The third-order valence-corrected chi connectivity index (χ3v) is 6.06. The number of carbonyl (C=O) groups excluding carboxylic acids is 2. The Hall–Kier alpha value is -3.04. The van der Waals surface area contributed by atoms with Gasteiger partial charge in [0.05, 0.1) is 18.0 Å². The number of benzene rings is 2. The quantitative estimate of drug-likeness (QED) is 0.422. The van der Waals surface area contributed by atoms with Crippen LogP contribution < -0.4 is 4.74 Å². The molecule has 1 aliphatic heterocycles. The molecule has 188 valence electrons. The molecule has 1 heterocycles. The maximum atomic E-state index is 14.7. The van der Waals surface area contributed by atoms with Gasteiger partial charge >= 0.3 is 5.97 Å². The number of ether oxygens (including phenoxy) is 1. The Morgan fingerprint density at radius 1 is 1.14 bits per heavy atom. The minimum Gasteiger partial charge on any atom is -0.489 e. The van der Waals surface area contributed by atoms with E-state index in [1.165, 1.54) is 24.3 Å². The predicted molar refractivity (Wildman–Crippen MR) is 125 cm³/mol. The van der Waals surface area contributed by atoms with Crippen LogP contribution in [0, 0.1) is 11.6 Å². The highest BCUT2D eigenvalue weighted by molar-refractivity contribution is 6.30. The van der Waals surface area contributed by atoms with Crippen molar-refractivity contribution in [2.75, 3.05) is 19.7 Å². The molecule has 10 heteroatoms. The minimum atomic E-state index is -1.05. The van der Waals surface area contributed by atoms with Gasteiger partial charge in [-0.25, -0.2) is 8.78 Å². The van der Waals surface area contributed by atoms with Crippen LogP contribution in [0.4, 0.5) is 8.78 Å². The van der Waals surface area contributed by atoms with Gasteiger partial charge in [0.1, 0.15) is 12.4 Å². The van der Waals surface area contributed by atoms with Gasteiger partial charge in [0.15, 0.2) is 11.6 Å². The summed E-state index contributed by atoms with van der Waals surface area (Å²) in [6.45, 7) is 2.68. The number of rotatable bonds is 12. The molecule has 35 heavy (non-hydrogen) atoms. The van der Waals surface area contributed by atoms with E-state index >= 15 is 0 Å². The smallest absolute Gasteiger partial charge is 0.305 e. The van der Waals surface area contributed by atoms with Gasteiger partial charge in [-0.1, -0.05) is 30.7 Å². The van der Waals surface area contributed by atoms with Crippen molar-refractivity contribution in [1.82, 2.24) is 9.80 Å². The summed E-state index contributed by atoms with van der Waals surface area (Å²) in [4.78, 5) is 37.9. The molecule has 3 rings (SSSR count). The molecule has 7 nitrogen and oxygen atoms in total. The number of carbonyl (C=O) groups is 3. The lowest BCUT2D eigenvalue weighted by atomic mass is 10.0. The summed E-state index contributed by atoms with van der Waals surface area (Å²) in [6.07, 6.45) is 0.797. The van der Waals surface area contributed by atoms with Crippen molar-refractivity contribution in [1.29, 1.82) is 0 Å². The number of aliphatic carboxylic acids is 1. The first-order chi connectivity index (χ1) is 16.7. The summed E-state index contributed by atoms with van der Waals surface area (Å²) >= 11 is 5.79. The summed E-state index contributed by atoms with van der Waals surface area (Å²) in [5.41, 5.74) is 1.05. The maximum absolute atomic E-state index is 14.7. The summed E-state index contributed by atoms with van der Waals surface area (Å²) < 4.78 is 34.2. The monoisotopic (exact) mass is 508 g/mol. The number of hydrogen-bond donors (Lipinski definition) is 1. The second kappa shape index (κ2) is 12.1. The zero-order valence-electron chi connectivity index (χ0n) is 19.3. The summed E-state index contributed by atoms with van der Waals surface area (Å²) in [7, 11) is 0. The molecule has 0 aliphatic carbocycles. The van der Waals surface area contributed by atoms with Crippen LogP contribution in [0.5, 0.6) is 5.75 Å². The molecule has 0 bridgehead atoms. The van der Waals surface area contributed by atoms with Crippen LogP contribution in [-0.4, -0.2) is 52.4 Å². The van der Waals surface area contributed by atoms with Crippen molar-refractivity contribution in [3.63, 3.8) is 0 Å². The Kier molecular flexibility index (Phi) is 9.17. The van der Waals surface area contributed by atoms with Crippen molar-refractivity contribution >= 4 is 29.4 Å². The fourth-order valence-electron chi connectivity index (χ4n) is 4.09. The molecular formula is C25H27ClF2N2O5. The Morgan fingerprint density at radius 2 is 1.86 bits per heavy atom. The van der Waals surface area contributed by atoms with Crippen LogP contribution in [0.1, 0.15) is 49.8 Å². The van der Waals surface area contributed by atoms with Gasteiger partial charge in [0.2, 0.25) is 11.8 Å². The normalized spacial score (nSPS) is 14.6. The number of amides is 2. The van der Waals surface area contributed by atoms with Crippen molar-refractivity contribution < 1.29 is 33.0 Å². The van der Waals surface area contributed by atoms with Crippen LogP contribution in [0.15, 0.2) is 36.4 Å². The van der Waals surface area contributed by atoms with Gasteiger partial charge in [-0.3, -0.25) is 24.2 Å². The van der Waals surface area contributed by atoms with Crippen LogP contribution in [-0.2, 0) is 20.9 Å². The molecule has 1 fully saturated rings. The van der Waals surface area contributed by atoms with Crippen LogP contribution >= 0.6 is 11.6 Å². The number of carboxylic acid groups (broad SMARTS) is 1. The van der Waals surface area contributed by atoms with Crippen LogP contribution in [0.3, 0.4) is 0 Å². The van der Waals surface area contributed by atoms with Crippen molar-refractivity contribution in [3.05, 3.63) is 64.2 Å². The lowest BCUT2D eigenvalue weighted by Gasteiger charge is -2.31. The van der Waals surface area contributed by atoms with Crippen LogP contribution in [0.25, 0.3) is 0 Å². The second-order valence-corrected chi connectivity index (χ2v) is 8.72. The van der Waals surface area contributed by atoms with E-state index in [1.54, 1.807) is 12.1 Å². The molecule has 0 spiro atoms. The molecule has 1 aliphatic rings. The summed E-state index contributed by atoms with van der Waals surface area (Å²) in [5.74, 6) is -2.84. The summed E-state index contributed by atoms with van der Waals surface area (Å²) in [5, 5.41) is 9.40. The Bertz CT molecular complexity index is 1080. The average molecular weight is 509 g/mol. The zero-order chi connectivity index (χ0) is 25.5. The van der Waals surface area contributed by atoms with Gasteiger partial charge in [-0.15, -0.1) is 0 Å². The average Bonchev–Trinajstić information content (AvgIpc) is 3.12. The van der Waals surface area contributed by atoms with E-state index in [1.807, 2.05) is 11.8 Å². The largest absolute Gasteiger partial charge is 0.489 e. The molecule has 0 saturated carbocycles. The standard InChI is InChI=1S/C25H27ClF2N2O5/c1-2-9-29(21(14-25(33)34)17-4-5-18(26)19(27)13-17)15-16-3-6-22(20(28)12-16)35-11-10-30-23(31)7-8-24(30)32/h3-6,12-13,21H,2,7-11,14-15H2,1H3,(H,33,34). The molecule has 2 aromatic rings. The van der Waals surface area contributed by atoms with E-state index in [0.29, 0.717) is 24.1 Å². The molecule has 0 radical (unpaired) electrons. The lowest BCUT2D eigenvalue weighted by molar-refractivity contribution is -0.140. The molecule has 2 amide bonds. The van der Waals surface area contributed by atoms with E-state index in [9.17, 15) is 28.3 Å². The highest BCUT2D eigenvalue weighted by Gasteiger charge is 2.28. The van der Waals surface area contributed by atoms with E-state index < -0.39 is 23.6 Å². The van der Waals surface area contributed by atoms with Gasteiger partial charge in [0, 0.05) is 25.4 Å². The molecule has 0 aromatic heterocycles. The van der Waals surface area contributed by atoms with Gasteiger partial charge in [0.25, 0.3) is 0 Å². The second-order valence-electron chi connectivity index (χ2n) is 8.31. The molecule has 1 atom stereocenters. The third kappa shape index (κ3) is 6.99. The van der Waals surface area contributed by atoms with Gasteiger partial charge in [-0.05, 0) is 48.4 Å². The van der Waals surface area contributed by atoms with E-state index in [0.717, 1.165) is 4.90 Å². The van der Waals surface area contributed by atoms with E-state index in [2.05, 4.69) is 0 Å². The molecule has 1 unspecified atom stereocenters. The van der Waals surface area contributed by atoms with Gasteiger partial charge < -0.3 is 9.84 Å². The number of hydrogen-bond acceptors (Lipinski definition) is 5. The Balaban J connectivity index is 1.72. The Labute approximate surface area is 207 Å². The van der Waals surface area contributed by atoms with Gasteiger partial charge in [-0.2, -0.15) is 0 Å². The fourth-order valence-corrected chi connectivity index (χ4v) is 4.21. The molecule has 2 aromatic carbocycles. The molecular weight excluding hydrogens is 482 g/mol. The zero-order valence-corrected chi connectivity index (χ0v) is 20.1. The molecule has 1 saturated heterocycles. The first kappa shape index (κ1) is 26.6.